The normalized spacial score (nSPS) is 15.0. The maximum atomic E-state index is 13.3. The molecule has 9 heteroatoms. The number of halogens is 2. The third-order valence-electron chi connectivity index (χ3n) is 4.35. The minimum atomic E-state index is -3.85. The third-order valence-corrected chi connectivity index (χ3v) is 7.07. The smallest absolute Gasteiger partial charge is 0.236 e. The first-order chi connectivity index (χ1) is 13.4. The molecule has 0 atom stereocenters. The number of aromatic nitrogens is 1. The van der Waals surface area contributed by atoms with Crippen molar-refractivity contribution in [1.29, 1.82) is 0 Å². The van der Waals surface area contributed by atoms with Gasteiger partial charge in [-0.25, -0.2) is 8.42 Å². The van der Waals surface area contributed by atoms with Gasteiger partial charge in [-0.3, -0.25) is 0 Å². The zero-order chi connectivity index (χ0) is 19.7. The van der Waals surface area contributed by atoms with Gasteiger partial charge in [0.05, 0.1) is 18.1 Å². The molecular weight excluding hydrogens is 512 g/mol. The Hall–Kier alpha value is -1.68. The van der Waals surface area contributed by atoms with Crippen LogP contribution in [-0.4, -0.2) is 39.7 Å². The van der Waals surface area contributed by atoms with E-state index in [4.69, 9.17) is 9.15 Å². The summed E-state index contributed by atoms with van der Waals surface area (Å²) in [5.41, 5.74) is 0.704. The lowest BCUT2D eigenvalue weighted by Crippen LogP contribution is -2.36. The van der Waals surface area contributed by atoms with Gasteiger partial charge in [-0.15, -0.1) is 0 Å². The first-order valence-corrected chi connectivity index (χ1v) is 11.6. The molecule has 4 rings (SSSR count). The second-order valence-electron chi connectivity index (χ2n) is 6.19. The molecule has 0 bridgehead atoms. The van der Waals surface area contributed by atoms with Crippen LogP contribution >= 0.6 is 31.9 Å². The van der Waals surface area contributed by atoms with E-state index in [1.54, 1.807) is 24.3 Å². The fourth-order valence-electron chi connectivity index (χ4n) is 2.88. The lowest BCUT2D eigenvalue weighted by Gasteiger charge is -2.26. The summed E-state index contributed by atoms with van der Waals surface area (Å²) < 4.78 is 39.7. The van der Waals surface area contributed by atoms with Crippen molar-refractivity contribution in [3.8, 4) is 11.5 Å². The van der Waals surface area contributed by atoms with Crippen molar-refractivity contribution in [2.45, 2.75) is 9.92 Å². The van der Waals surface area contributed by atoms with E-state index in [0.29, 0.717) is 31.9 Å². The van der Waals surface area contributed by atoms with Crippen molar-refractivity contribution >= 4 is 47.6 Å². The molecule has 1 aliphatic heterocycles. The summed E-state index contributed by atoms with van der Waals surface area (Å²) in [6.07, 6.45) is 0. The van der Waals surface area contributed by atoms with Gasteiger partial charge in [-0.05, 0) is 48.5 Å². The first kappa shape index (κ1) is 19.6. The Morgan fingerprint density at radius 1 is 0.893 bits per heavy atom. The fourth-order valence-corrected chi connectivity index (χ4v) is 4.73. The van der Waals surface area contributed by atoms with Crippen LogP contribution < -0.4 is 4.90 Å². The summed E-state index contributed by atoms with van der Waals surface area (Å²) in [6, 6.07) is 13.9. The summed E-state index contributed by atoms with van der Waals surface area (Å²) in [5, 5.41) is -0.0744. The topological polar surface area (TPSA) is 72.6 Å². The van der Waals surface area contributed by atoms with Crippen molar-refractivity contribution in [2.75, 3.05) is 31.2 Å². The van der Waals surface area contributed by atoms with E-state index in [-0.39, 0.29) is 21.7 Å². The molecule has 2 heterocycles. The minimum absolute atomic E-state index is 0.0744. The molecule has 6 nitrogen and oxygen atoms in total. The molecule has 1 saturated heterocycles. The average molecular weight is 528 g/mol. The highest BCUT2D eigenvalue weighted by atomic mass is 79.9. The van der Waals surface area contributed by atoms with Gasteiger partial charge in [0.1, 0.15) is 0 Å². The van der Waals surface area contributed by atoms with Crippen molar-refractivity contribution in [3.05, 3.63) is 57.5 Å². The standard InChI is InChI=1S/C19H16Br2N2O4S/c20-14-3-1-13(2-4-14)17-22-18(19(27-17)23-9-11-26-12-10-23)28(24,25)16-7-5-15(21)6-8-16/h1-8H,9-12H2. The van der Waals surface area contributed by atoms with Gasteiger partial charge in [-0.2, -0.15) is 4.98 Å². The molecule has 0 spiro atoms. The van der Waals surface area contributed by atoms with Crippen molar-refractivity contribution in [3.63, 3.8) is 0 Å². The Bertz CT molecular complexity index is 1070. The van der Waals surface area contributed by atoms with Crippen LogP contribution in [0.4, 0.5) is 5.88 Å². The summed E-state index contributed by atoms with van der Waals surface area (Å²) in [7, 11) is -3.85. The van der Waals surface area contributed by atoms with Crippen molar-refractivity contribution in [1.82, 2.24) is 4.98 Å². The number of anilines is 1. The van der Waals surface area contributed by atoms with Crippen LogP contribution in [0.25, 0.3) is 11.5 Å². The van der Waals surface area contributed by atoms with Crippen molar-refractivity contribution < 1.29 is 17.6 Å². The molecular formula is C19H16Br2N2O4S. The van der Waals surface area contributed by atoms with Crippen LogP contribution in [0.2, 0.25) is 0 Å². The van der Waals surface area contributed by atoms with Gasteiger partial charge < -0.3 is 14.1 Å². The van der Waals surface area contributed by atoms with Crippen LogP contribution in [-0.2, 0) is 14.6 Å². The highest BCUT2D eigenvalue weighted by Gasteiger charge is 2.32. The maximum Gasteiger partial charge on any atom is 0.236 e. The summed E-state index contributed by atoms with van der Waals surface area (Å²) in [5.74, 6) is 0.522. The number of rotatable bonds is 4. The number of nitrogens with zero attached hydrogens (tertiary/aromatic N) is 2. The molecule has 146 valence electrons. The molecule has 2 aromatic carbocycles. The number of morpholine rings is 1. The minimum Gasteiger partial charge on any atom is -0.419 e. The number of benzene rings is 2. The Kier molecular flexibility index (Phi) is 5.59. The van der Waals surface area contributed by atoms with Crippen LogP contribution in [0, 0.1) is 0 Å². The Balaban J connectivity index is 1.84. The average Bonchev–Trinajstić information content (AvgIpc) is 3.16. The summed E-state index contributed by atoms with van der Waals surface area (Å²) >= 11 is 6.73. The van der Waals surface area contributed by atoms with E-state index in [1.807, 2.05) is 29.2 Å². The summed E-state index contributed by atoms with van der Waals surface area (Å²) in [4.78, 5) is 6.42. The SMILES string of the molecule is O=S(=O)(c1ccc(Br)cc1)c1nc(-c2ccc(Br)cc2)oc1N1CCOCC1. The second kappa shape index (κ2) is 7.98. The number of sulfone groups is 1. The van der Waals surface area contributed by atoms with Gasteiger partial charge >= 0.3 is 0 Å². The van der Waals surface area contributed by atoms with Gasteiger partial charge in [0.15, 0.2) is 0 Å². The first-order valence-electron chi connectivity index (χ1n) is 8.55. The van der Waals surface area contributed by atoms with E-state index in [2.05, 4.69) is 36.8 Å². The zero-order valence-electron chi connectivity index (χ0n) is 14.6. The lowest BCUT2D eigenvalue weighted by molar-refractivity contribution is 0.120. The highest BCUT2D eigenvalue weighted by molar-refractivity contribution is 9.10. The largest absolute Gasteiger partial charge is 0.419 e. The van der Waals surface area contributed by atoms with E-state index in [0.717, 1.165) is 8.95 Å². The number of ether oxygens (including phenoxy) is 1. The summed E-state index contributed by atoms with van der Waals surface area (Å²) in [6.45, 7) is 2.09. The molecule has 0 saturated carbocycles. The molecule has 0 N–H and O–H groups in total. The number of oxazole rings is 1. The van der Waals surface area contributed by atoms with Crippen LogP contribution in [0.3, 0.4) is 0 Å². The molecule has 0 aliphatic carbocycles. The molecule has 0 unspecified atom stereocenters. The van der Waals surface area contributed by atoms with E-state index < -0.39 is 9.84 Å². The lowest BCUT2D eigenvalue weighted by atomic mass is 10.2. The monoisotopic (exact) mass is 526 g/mol. The van der Waals surface area contributed by atoms with Gasteiger partial charge in [0.2, 0.25) is 26.6 Å². The maximum absolute atomic E-state index is 13.3. The van der Waals surface area contributed by atoms with E-state index >= 15 is 0 Å². The molecule has 1 aliphatic rings. The predicted molar refractivity (Wildman–Crippen MR) is 112 cm³/mol. The second-order valence-corrected chi connectivity index (χ2v) is 9.89. The quantitative estimate of drug-likeness (QED) is 0.496. The van der Waals surface area contributed by atoms with Gasteiger partial charge in [0, 0.05) is 27.6 Å². The highest BCUT2D eigenvalue weighted by Crippen LogP contribution is 2.35. The Morgan fingerprint density at radius 2 is 1.46 bits per heavy atom. The van der Waals surface area contributed by atoms with Crippen molar-refractivity contribution in [2.24, 2.45) is 0 Å². The number of hydrogen-bond acceptors (Lipinski definition) is 6. The predicted octanol–water partition coefficient (Wildman–Crippen LogP) is 4.54. The van der Waals surface area contributed by atoms with Crippen LogP contribution in [0.15, 0.2) is 71.8 Å². The van der Waals surface area contributed by atoms with Crippen LogP contribution in [0.5, 0.6) is 0 Å². The number of hydrogen-bond donors (Lipinski definition) is 0. The fraction of sp³-hybridized carbons (Fsp3) is 0.211. The van der Waals surface area contributed by atoms with E-state index in [1.165, 1.54) is 0 Å². The van der Waals surface area contributed by atoms with E-state index in [9.17, 15) is 8.42 Å². The molecule has 0 radical (unpaired) electrons. The molecule has 0 amide bonds. The van der Waals surface area contributed by atoms with Crippen LogP contribution in [0.1, 0.15) is 0 Å². The zero-order valence-corrected chi connectivity index (χ0v) is 18.6. The third kappa shape index (κ3) is 3.89. The Morgan fingerprint density at radius 3 is 2.07 bits per heavy atom. The van der Waals surface area contributed by atoms with Gasteiger partial charge in [-0.1, -0.05) is 31.9 Å². The molecule has 1 aromatic heterocycles. The Labute approximate surface area is 179 Å². The molecule has 1 fully saturated rings. The van der Waals surface area contributed by atoms with Gasteiger partial charge in [0.25, 0.3) is 0 Å². The molecule has 3 aromatic rings. The molecule has 28 heavy (non-hydrogen) atoms.